The lowest BCUT2D eigenvalue weighted by molar-refractivity contribution is -0.870. The van der Waals surface area contributed by atoms with Crippen LogP contribution in [0.4, 0.5) is 0 Å². The molecule has 0 radical (unpaired) electrons. The summed E-state index contributed by atoms with van der Waals surface area (Å²) in [4.78, 5) is 79.5. The van der Waals surface area contributed by atoms with Crippen LogP contribution in [-0.2, 0) is 30.4 Å². The number of rotatable bonds is 22. The number of nitrogens with one attached hydrogen (secondary N) is 3. The van der Waals surface area contributed by atoms with Crippen LogP contribution < -0.4 is 16.0 Å². The average molecular weight is 736 g/mol. The molecule has 290 valence electrons. The molecule has 0 unspecified atom stereocenters. The van der Waals surface area contributed by atoms with Gasteiger partial charge in [0, 0.05) is 30.2 Å². The molecule has 0 aromatic heterocycles. The van der Waals surface area contributed by atoms with Gasteiger partial charge in [0.1, 0.15) is 6.04 Å². The highest BCUT2D eigenvalue weighted by Gasteiger charge is 2.36. The third-order valence-corrected chi connectivity index (χ3v) is 10.0. The average Bonchev–Trinajstić information content (AvgIpc) is 3.65. The van der Waals surface area contributed by atoms with Crippen LogP contribution in [0, 0.1) is 24.7 Å². The first kappa shape index (κ1) is 43.0. The number of carbonyl (C=O) groups is 6. The molecule has 53 heavy (non-hydrogen) atoms. The van der Waals surface area contributed by atoms with Gasteiger partial charge < -0.3 is 30.6 Å². The maximum absolute atomic E-state index is 14.0. The molecule has 0 spiro atoms. The number of benzene rings is 2. The van der Waals surface area contributed by atoms with E-state index in [0.717, 1.165) is 54.3 Å². The van der Waals surface area contributed by atoms with Crippen molar-refractivity contribution in [3.8, 4) is 0 Å². The number of aryl methyl sites for hydroxylation is 1. The summed E-state index contributed by atoms with van der Waals surface area (Å²) in [6, 6.07) is 13.1. The molecule has 2 aromatic rings. The van der Waals surface area contributed by atoms with Gasteiger partial charge in [-0.15, -0.1) is 0 Å². The molecule has 5 N–H and O–H groups in total. The topological polar surface area (TPSA) is 179 Å². The smallest absolute Gasteiger partial charge is 0.328 e. The Labute approximate surface area is 313 Å². The number of nitrogens with zero attached hydrogens (tertiary/aromatic N) is 1. The van der Waals surface area contributed by atoms with Gasteiger partial charge in [0.25, 0.3) is 5.91 Å². The molecule has 1 fully saturated rings. The molecule has 0 aliphatic heterocycles. The zero-order valence-electron chi connectivity index (χ0n) is 31.9. The number of hydrogen-bond acceptors (Lipinski definition) is 7. The third-order valence-electron chi connectivity index (χ3n) is 10.0. The summed E-state index contributed by atoms with van der Waals surface area (Å²) in [5.74, 6) is -5.31. The maximum atomic E-state index is 14.0. The lowest BCUT2D eigenvalue weighted by Gasteiger charge is -2.28. The van der Waals surface area contributed by atoms with Gasteiger partial charge >= 0.3 is 5.97 Å². The summed E-state index contributed by atoms with van der Waals surface area (Å²) >= 11 is 0. The number of carboxylic acids is 1. The molecule has 12 heteroatoms. The highest BCUT2D eigenvalue weighted by molar-refractivity contribution is 5.99. The summed E-state index contributed by atoms with van der Waals surface area (Å²) in [7, 11) is 6.17. The predicted molar refractivity (Wildman–Crippen MR) is 202 cm³/mol. The molecule has 0 saturated heterocycles. The van der Waals surface area contributed by atoms with Crippen LogP contribution in [0.15, 0.2) is 54.6 Å². The molecule has 3 amide bonds. The van der Waals surface area contributed by atoms with Crippen LogP contribution in [0.2, 0.25) is 0 Å². The number of aliphatic hydroxyl groups is 1. The zero-order valence-corrected chi connectivity index (χ0v) is 31.9. The van der Waals surface area contributed by atoms with Crippen LogP contribution >= 0.6 is 0 Å². The first-order valence-electron chi connectivity index (χ1n) is 18.8. The molecule has 3 rings (SSSR count). The van der Waals surface area contributed by atoms with E-state index < -0.39 is 60.3 Å². The summed E-state index contributed by atoms with van der Waals surface area (Å²) < 4.78 is 0.726. The summed E-state index contributed by atoms with van der Waals surface area (Å²) in [6.07, 6.45) is 4.86. The molecule has 1 aliphatic carbocycles. The lowest BCUT2D eigenvalue weighted by Crippen LogP contribution is -2.50. The molecule has 0 heterocycles. The largest absolute Gasteiger partial charge is 0.480 e. The minimum absolute atomic E-state index is 0.139. The number of amides is 3. The van der Waals surface area contributed by atoms with Gasteiger partial charge in [-0.05, 0) is 69.1 Å². The zero-order chi connectivity index (χ0) is 39.1. The molecule has 0 bridgehead atoms. The van der Waals surface area contributed by atoms with Crippen molar-refractivity contribution < 1.29 is 43.5 Å². The monoisotopic (exact) mass is 735 g/mol. The first-order valence-corrected chi connectivity index (χ1v) is 18.8. The van der Waals surface area contributed by atoms with E-state index in [1.165, 1.54) is 0 Å². The van der Waals surface area contributed by atoms with Crippen molar-refractivity contribution in [1.82, 2.24) is 16.0 Å². The quantitative estimate of drug-likeness (QED) is 0.0899. The Hall–Kier alpha value is -4.42. The third kappa shape index (κ3) is 14.5. The second-order valence-electron chi connectivity index (χ2n) is 15.6. The Kier molecular flexibility index (Phi) is 16.8. The fourth-order valence-electron chi connectivity index (χ4n) is 6.77. The Morgan fingerprint density at radius 1 is 0.792 bits per heavy atom. The molecular formula is C41H59N4O8+. The number of unbranched alkanes of at least 4 members (excludes halogenated alkanes) is 1. The minimum atomic E-state index is -1.50. The van der Waals surface area contributed by atoms with Crippen LogP contribution in [-0.4, -0.2) is 102 Å². The van der Waals surface area contributed by atoms with E-state index in [-0.39, 0.29) is 36.7 Å². The summed E-state index contributed by atoms with van der Waals surface area (Å²) in [5.41, 5.74) is 2.26. The molecule has 1 saturated carbocycles. The maximum Gasteiger partial charge on any atom is 0.328 e. The highest BCUT2D eigenvalue weighted by atomic mass is 16.4. The highest BCUT2D eigenvalue weighted by Crippen LogP contribution is 2.30. The van der Waals surface area contributed by atoms with Crippen molar-refractivity contribution in [2.75, 3.05) is 34.3 Å². The fraction of sp³-hybridized carbons (Fsp3) is 0.561. The van der Waals surface area contributed by atoms with Gasteiger partial charge in [0.05, 0.1) is 46.4 Å². The second kappa shape index (κ2) is 20.7. The fourth-order valence-corrected chi connectivity index (χ4v) is 6.77. The number of aliphatic carboxylic acids is 1. The molecule has 1 aliphatic rings. The van der Waals surface area contributed by atoms with Crippen molar-refractivity contribution in [1.29, 1.82) is 0 Å². The first-order chi connectivity index (χ1) is 25.1. The van der Waals surface area contributed by atoms with E-state index in [9.17, 15) is 39.0 Å². The van der Waals surface area contributed by atoms with Crippen molar-refractivity contribution in [2.24, 2.45) is 17.8 Å². The Morgan fingerprint density at radius 3 is 2.02 bits per heavy atom. The number of carbonyl (C=O) groups excluding carboxylic acids is 5. The Balaban J connectivity index is 1.75. The van der Waals surface area contributed by atoms with Crippen molar-refractivity contribution in [2.45, 2.75) is 96.2 Å². The van der Waals surface area contributed by atoms with E-state index in [1.807, 2.05) is 49.4 Å². The van der Waals surface area contributed by atoms with E-state index >= 15 is 0 Å². The lowest BCUT2D eigenvalue weighted by atomic mass is 9.86. The van der Waals surface area contributed by atoms with E-state index in [4.69, 9.17) is 0 Å². The second-order valence-corrected chi connectivity index (χ2v) is 15.6. The molecule has 12 nitrogen and oxygen atoms in total. The summed E-state index contributed by atoms with van der Waals surface area (Å²) in [5, 5.41) is 27.1. The minimum Gasteiger partial charge on any atom is -0.480 e. The van der Waals surface area contributed by atoms with Crippen molar-refractivity contribution >= 4 is 35.3 Å². The predicted octanol–water partition coefficient (Wildman–Crippen LogP) is 3.62. The van der Waals surface area contributed by atoms with Gasteiger partial charge in [0.2, 0.25) is 11.8 Å². The SMILES string of the molecule is Cc1ccc(C(=O)N[C@@H](Cc2ccccc2)C(=O)C[C@@H](C)C(=O)N[C@H](C(=O)C[C@@H](CCCC[N+](C)(C)C)C(=O)N[C@H](CO)C(=O)O)C2CCCC2)cc1. The number of quaternary nitrogens is 1. The van der Waals surface area contributed by atoms with Gasteiger partial charge in [-0.25, -0.2) is 4.79 Å². The van der Waals surface area contributed by atoms with Gasteiger partial charge in [-0.3, -0.25) is 24.0 Å². The van der Waals surface area contributed by atoms with E-state index in [2.05, 4.69) is 37.1 Å². The Bertz CT molecular complexity index is 1530. The molecule has 2 aromatic carbocycles. The Morgan fingerprint density at radius 2 is 1.43 bits per heavy atom. The molecule has 5 atom stereocenters. The van der Waals surface area contributed by atoms with Crippen LogP contribution in [0.3, 0.4) is 0 Å². The van der Waals surface area contributed by atoms with Crippen LogP contribution in [0.5, 0.6) is 0 Å². The number of Topliss-reactive ketones (excluding diaryl/α,β-unsaturated/α-hetero) is 2. The van der Waals surface area contributed by atoms with Gasteiger partial charge in [-0.2, -0.15) is 0 Å². The van der Waals surface area contributed by atoms with Crippen LogP contribution in [0.25, 0.3) is 0 Å². The number of carboxylic acid groups (broad SMARTS) is 1. The van der Waals surface area contributed by atoms with Crippen LogP contribution in [0.1, 0.15) is 86.2 Å². The van der Waals surface area contributed by atoms with Crippen molar-refractivity contribution in [3.05, 3.63) is 71.3 Å². The van der Waals surface area contributed by atoms with E-state index in [0.29, 0.717) is 18.4 Å². The summed E-state index contributed by atoms with van der Waals surface area (Å²) in [6.45, 7) is 3.59. The van der Waals surface area contributed by atoms with Crippen molar-refractivity contribution in [3.63, 3.8) is 0 Å². The van der Waals surface area contributed by atoms with Gasteiger partial charge in [-0.1, -0.05) is 67.8 Å². The number of aliphatic hydroxyl groups excluding tert-OH is 1. The molecular weight excluding hydrogens is 676 g/mol. The number of ketones is 2. The van der Waals surface area contributed by atoms with Gasteiger partial charge in [0.15, 0.2) is 11.6 Å². The standard InChI is InChI=1S/C41H58N4O8/c1-27-18-20-31(21-19-27)39(50)42-33(24-29-13-7-6-8-14-29)35(47)23-28(2)38(49)44-37(30-15-9-10-16-30)36(48)25-32(17-11-12-22-45(3,4)5)40(51)43-34(26-46)41(52)53/h6-8,13-14,18-21,28,30,32-34,37,46H,9-12,15-17,22-26H2,1-5H3,(H3-,42,43,44,49,50,51,52,53)/p+1/t28-,32-,33+,34-,37+/m1/s1. The number of hydrogen-bond donors (Lipinski definition) is 5. The normalized spacial score (nSPS) is 16.1. The van der Waals surface area contributed by atoms with E-state index in [1.54, 1.807) is 19.1 Å².